The fourth-order valence-electron chi connectivity index (χ4n) is 2.81. The van der Waals surface area contributed by atoms with Gasteiger partial charge in [-0.25, -0.2) is 0 Å². The highest BCUT2D eigenvalue weighted by Gasteiger charge is 2.39. The first-order valence-corrected chi connectivity index (χ1v) is 9.67. The molecule has 1 aliphatic rings. The molecule has 7 heteroatoms. The lowest BCUT2D eigenvalue weighted by Crippen LogP contribution is -2.41. The number of rotatable bonds is 6. The lowest BCUT2D eigenvalue weighted by Gasteiger charge is -2.52. The Kier molecular flexibility index (Phi) is 5.39. The van der Waals surface area contributed by atoms with E-state index >= 15 is 0 Å². The number of benzene rings is 2. The first-order valence-electron chi connectivity index (χ1n) is 8.10. The van der Waals surface area contributed by atoms with Gasteiger partial charge in [-0.15, -0.1) is 0 Å². The summed E-state index contributed by atoms with van der Waals surface area (Å²) >= 11 is 0. The van der Waals surface area contributed by atoms with Gasteiger partial charge in [-0.3, -0.25) is 13.4 Å². The van der Waals surface area contributed by atoms with Crippen LogP contribution in [-0.4, -0.2) is 33.4 Å². The number of hydrogen-bond acceptors (Lipinski definition) is 6. The first kappa shape index (κ1) is 17.9. The van der Waals surface area contributed by atoms with Crippen molar-refractivity contribution < 1.29 is 23.7 Å². The quantitative estimate of drug-likeness (QED) is 0.721. The van der Waals surface area contributed by atoms with E-state index in [1.807, 2.05) is 48.5 Å². The number of ether oxygens (including phenoxy) is 2. The van der Waals surface area contributed by atoms with Gasteiger partial charge in [0, 0.05) is 13.0 Å². The van der Waals surface area contributed by atoms with Gasteiger partial charge in [0.2, 0.25) is 5.44 Å². The lowest BCUT2D eigenvalue weighted by molar-refractivity contribution is 0.211. The van der Waals surface area contributed by atoms with Gasteiger partial charge in [-0.05, 0) is 36.2 Å². The van der Waals surface area contributed by atoms with Crippen LogP contribution in [0.5, 0.6) is 11.5 Å². The summed E-state index contributed by atoms with van der Waals surface area (Å²) < 4.78 is 34.3. The average Bonchev–Trinajstić information content (AvgIpc) is 2.63. The van der Waals surface area contributed by atoms with Gasteiger partial charge in [0.25, 0.3) is 0 Å². The van der Waals surface area contributed by atoms with E-state index in [0.717, 1.165) is 11.3 Å². The monoisotopic (exact) mass is 365 g/mol. The van der Waals surface area contributed by atoms with Crippen LogP contribution >= 0.6 is 10.8 Å². The average molecular weight is 365 g/mol. The molecule has 0 radical (unpaired) electrons. The van der Waals surface area contributed by atoms with Crippen LogP contribution in [0, 0.1) is 0 Å². The Balaban J connectivity index is 1.92. The summed E-state index contributed by atoms with van der Waals surface area (Å²) in [7, 11) is -1.59. The van der Waals surface area contributed by atoms with Crippen LogP contribution in [0.15, 0.2) is 48.5 Å². The first-order chi connectivity index (χ1) is 12.1. The standard InChI is InChI=1S/C18H23NO5S/c1-23-15-10-8-14(9-11-15)13-19-16-5-2-3-6-17(16)24-18(7-4-12-20)25(19,21)22/h2-3,5-6,8-11,18,20-22H,4,7,12-13H2,1H3. The fraction of sp³-hybridized carbons (Fsp3) is 0.333. The summed E-state index contributed by atoms with van der Waals surface area (Å²) in [5.41, 5.74) is 0.810. The van der Waals surface area contributed by atoms with Crippen molar-refractivity contribution in [3.63, 3.8) is 0 Å². The molecule has 1 aliphatic heterocycles. The number of aliphatic hydroxyl groups excluding tert-OH is 1. The minimum atomic E-state index is -3.20. The molecule has 0 saturated heterocycles. The minimum absolute atomic E-state index is 0.0183. The van der Waals surface area contributed by atoms with Gasteiger partial charge >= 0.3 is 0 Å². The van der Waals surface area contributed by atoms with Crippen LogP contribution in [0.3, 0.4) is 0 Å². The summed E-state index contributed by atoms with van der Waals surface area (Å²) in [4.78, 5) is 0. The maximum absolute atomic E-state index is 10.9. The molecule has 3 N–H and O–H groups in total. The van der Waals surface area contributed by atoms with Gasteiger partial charge in [-0.2, -0.15) is 0 Å². The molecule has 0 aromatic heterocycles. The van der Waals surface area contributed by atoms with Crippen LogP contribution in [0.2, 0.25) is 0 Å². The Morgan fingerprint density at radius 1 is 1.12 bits per heavy atom. The maximum atomic E-state index is 10.9. The molecule has 0 bridgehead atoms. The van der Waals surface area contributed by atoms with Crippen molar-refractivity contribution in [3.05, 3.63) is 54.1 Å². The van der Waals surface area contributed by atoms with Crippen molar-refractivity contribution >= 4 is 16.5 Å². The highest BCUT2D eigenvalue weighted by Crippen LogP contribution is 2.58. The predicted molar refractivity (Wildman–Crippen MR) is 99.2 cm³/mol. The van der Waals surface area contributed by atoms with E-state index in [-0.39, 0.29) is 6.61 Å². The molecule has 6 nitrogen and oxygen atoms in total. The molecule has 0 aliphatic carbocycles. The van der Waals surface area contributed by atoms with E-state index in [2.05, 4.69) is 0 Å². The number of aliphatic hydroxyl groups is 1. The molecule has 0 fully saturated rings. The van der Waals surface area contributed by atoms with Crippen molar-refractivity contribution in [1.29, 1.82) is 0 Å². The van der Waals surface area contributed by atoms with Crippen molar-refractivity contribution in [2.45, 2.75) is 24.8 Å². The van der Waals surface area contributed by atoms with Crippen LogP contribution < -0.4 is 13.8 Å². The number of methoxy groups -OCH3 is 1. The molecule has 3 rings (SSSR count). The van der Waals surface area contributed by atoms with E-state index in [4.69, 9.17) is 14.6 Å². The molecule has 2 aromatic rings. The van der Waals surface area contributed by atoms with Crippen molar-refractivity contribution in [2.75, 3.05) is 18.0 Å². The number of hydrogen-bond donors (Lipinski definition) is 3. The van der Waals surface area contributed by atoms with E-state index in [1.165, 1.54) is 0 Å². The highest BCUT2D eigenvalue weighted by molar-refractivity contribution is 8.25. The van der Waals surface area contributed by atoms with Crippen LogP contribution in [-0.2, 0) is 6.54 Å². The highest BCUT2D eigenvalue weighted by atomic mass is 32.3. The topological polar surface area (TPSA) is 82.4 Å². The van der Waals surface area contributed by atoms with E-state index < -0.39 is 16.2 Å². The predicted octanol–water partition coefficient (Wildman–Crippen LogP) is 3.86. The molecule has 0 saturated carbocycles. The number of fused-ring (bicyclic) bond motifs is 1. The van der Waals surface area contributed by atoms with Gasteiger partial charge in [-0.1, -0.05) is 35.0 Å². The summed E-state index contributed by atoms with van der Waals surface area (Å²) in [6, 6.07) is 14.8. The summed E-state index contributed by atoms with van der Waals surface area (Å²) in [6.07, 6.45) is 0.811. The summed E-state index contributed by atoms with van der Waals surface area (Å²) in [5, 5.41) is 9.08. The van der Waals surface area contributed by atoms with E-state index in [1.54, 1.807) is 11.4 Å². The molecule has 136 valence electrons. The minimum Gasteiger partial charge on any atom is -0.497 e. The van der Waals surface area contributed by atoms with Crippen molar-refractivity contribution in [3.8, 4) is 11.5 Å². The molecule has 1 atom stereocenters. The normalized spacial score (nSPS) is 19.7. The Labute approximate surface area is 149 Å². The number of para-hydroxylation sites is 2. The summed E-state index contributed by atoms with van der Waals surface area (Å²) in [5.74, 6) is 1.36. The second-order valence-corrected chi connectivity index (χ2v) is 7.92. The summed E-state index contributed by atoms with van der Waals surface area (Å²) in [6.45, 7) is 0.317. The van der Waals surface area contributed by atoms with E-state index in [9.17, 15) is 9.11 Å². The lowest BCUT2D eigenvalue weighted by atomic mass is 10.2. The molecule has 2 aromatic carbocycles. The Morgan fingerprint density at radius 2 is 1.84 bits per heavy atom. The fourth-order valence-corrected chi connectivity index (χ4v) is 4.59. The Bertz CT molecular complexity index is 707. The number of nitrogens with zero attached hydrogens (tertiary/aromatic N) is 1. The van der Waals surface area contributed by atoms with Gasteiger partial charge in [0.05, 0.1) is 19.3 Å². The van der Waals surface area contributed by atoms with E-state index in [0.29, 0.717) is 30.8 Å². The molecule has 0 spiro atoms. The van der Waals surface area contributed by atoms with Gasteiger partial charge in [0.1, 0.15) is 11.5 Å². The third kappa shape index (κ3) is 3.69. The Morgan fingerprint density at radius 3 is 2.52 bits per heavy atom. The SMILES string of the molecule is COc1ccc(CN2c3ccccc3OC(CCCO)S2(O)O)cc1. The largest absolute Gasteiger partial charge is 0.497 e. The van der Waals surface area contributed by atoms with Crippen LogP contribution in [0.1, 0.15) is 18.4 Å². The zero-order valence-corrected chi connectivity index (χ0v) is 14.9. The maximum Gasteiger partial charge on any atom is 0.206 e. The van der Waals surface area contributed by atoms with Crippen LogP contribution in [0.25, 0.3) is 0 Å². The molecule has 25 heavy (non-hydrogen) atoms. The molecule has 0 amide bonds. The number of anilines is 1. The Hall–Kier alpha value is -1.93. The third-order valence-electron chi connectivity index (χ3n) is 4.15. The van der Waals surface area contributed by atoms with Crippen molar-refractivity contribution in [2.24, 2.45) is 0 Å². The zero-order valence-electron chi connectivity index (χ0n) is 14.0. The molecule has 1 unspecified atom stereocenters. The zero-order chi connectivity index (χ0) is 17.9. The molecular formula is C18H23NO5S. The third-order valence-corrected chi connectivity index (χ3v) is 6.16. The van der Waals surface area contributed by atoms with Crippen LogP contribution in [0.4, 0.5) is 5.69 Å². The second-order valence-electron chi connectivity index (χ2n) is 5.83. The van der Waals surface area contributed by atoms with Gasteiger partial charge < -0.3 is 14.6 Å². The smallest absolute Gasteiger partial charge is 0.206 e. The van der Waals surface area contributed by atoms with Crippen molar-refractivity contribution in [1.82, 2.24) is 0 Å². The second kappa shape index (κ2) is 7.53. The van der Waals surface area contributed by atoms with Gasteiger partial charge in [0.15, 0.2) is 0 Å². The molecular weight excluding hydrogens is 342 g/mol. The molecule has 1 heterocycles.